The van der Waals surface area contributed by atoms with Gasteiger partial charge in [0.2, 0.25) is 0 Å². The van der Waals surface area contributed by atoms with Crippen LogP contribution in [0, 0.1) is 21.3 Å². The first-order valence-electron chi connectivity index (χ1n) is 11.1. The number of rotatable bonds is 9. The van der Waals surface area contributed by atoms with Gasteiger partial charge in [-0.3, -0.25) is 0 Å². The molecule has 0 radical (unpaired) electrons. The second-order valence-electron chi connectivity index (χ2n) is 9.45. The van der Waals surface area contributed by atoms with Crippen LogP contribution >= 0.6 is 22.6 Å². The van der Waals surface area contributed by atoms with Crippen LogP contribution in [0.15, 0.2) is 18.2 Å². The van der Waals surface area contributed by atoms with E-state index >= 15 is 0 Å². The molecule has 0 saturated heterocycles. The van der Waals surface area contributed by atoms with E-state index in [9.17, 15) is 0 Å². The Hall–Kier alpha value is -0.250. The zero-order chi connectivity index (χ0) is 18.0. The zero-order valence-electron chi connectivity index (χ0n) is 16.4. The summed E-state index contributed by atoms with van der Waals surface area (Å²) in [7, 11) is 0. The fourth-order valence-electron chi connectivity index (χ4n) is 6.55. The maximum absolute atomic E-state index is 6.38. The van der Waals surface area contributed by atoms with Crippen molar-refractivity contribution in [2.75, 3.05) is 6.61 Å². The van der Waals surface area contributed by atoms with Gasteiger partial charge in [-0.1, -0.05) is 39.0 Å². The second-order valence-corrected chi connectivity index (χ2v) is 10.7. The molecule has 0 N–H and O–H groups in total. The monoisotopic (exact) mass is 466 g/mol. The van der Waals surface area contributed by atoms with E-state index in [2.05, 4.69) is 47.7 Å². The first-order valence-corrected chi connectivity index (χ1v) is 12.2. The largest absolute Gasteiger partial charge is 0.493 e. The lowest BCUT2D eigenvalue weighted by atomic mass is 9.48. The van der Waals surface area contributed by atoms with E-state index in [-0.39, 0.29) is 0 Å². The van der Waals surface area contributed by atoms with Gasteiger partial charge in [-0.25, -0.2) is 0 Å². The molecule has 1 aromatic carbocycles. The Morgan fingerprint density at radius 3 is 2.19 bits per heavy atom. The SMILES string of the molecule is CCCCCCCCOc1ccc(I)cc1C12CC3CC(CC(C3)C1)C2. The van der Waals surface area contributed by atoms with Crippen molar-refractivity contribution < 1.29 is 4.74 Å². The molecule has 0 aromatic heterocycles. The van der Waals surface area contributed by atoms with Crippen LogP contribution in [0.4, 0.5) is 0 Å². The fourth-order valence-corrected chi connectivity index (χ4v) is 7.04. The maximum Gasteiger partial charge on any atom is 0.123 e. The minimum absolute atomic E-state index is 0.437. The van der Waals surface area contributed by atoms with Gasteiger partial charge in [-0.15, -0.1) is 0 Å². The number of hydrogen-bond acceptors (Lipinski definition) is 1. The lowest BCUT2D eigenvalue weighted by Crippen LogP contribution is -2.48. The molecule has 5 rings (SSSR count). The minimum Gasteiger partial charge on any atom is -0.493 e. The molecular formula is C24H35IO. The molecule has 0 aliphatic heterocycles. The topological polar surface area (TPSA) is 9.23 Å². The predicted octanol–water partition coefficient (Wildman–Crippen LogP) is 7.50. The summed E-state index contributed by atoms with van der Waals surface area (Å²) in [5.74, 6) is 4.18. The molecule has 4 saturated carbocycles. The van der Waals surface area contributed by atoms with Gasteiger partial charge in [0.15, 0.2) is 0 Å². The van der Waals surface area contributed by atoms with E-state index in [1.165, 1.54) is 86.4 Å². The molecule has 26 heavy (non-hydrogen) atoms. The van der Waals surface area contributed by atoms with Crippen LogP contribution < -0.4 is 4.74 Å². The van der Waals surface area contributed by atoms with Gasteiger partial charge in [0.1, 0.15) is 5.75 Å². The van der Waals surface area contributed by atoms with Gasteiger partial charge in [0.05, 0.1) is 6.61 Å². The number of halogens is 1. The number of unbranched alkanes of at least 4 members (excludes halogenated alkanes) is 5. The van der Waals surface area contributed by atoms with E-state index < -0.39 is 0 Å². The third-order valence-corrected chi connectivity index (χ3v) is 7.98. The van der Waals surface area contributed by atoms with Gasteiger partial charge >= 0.3 is 0 Å². The molecule has 0 amide bonds. The van der Waals surface area contributed by atoms with Crippen molar-refractivity contribution in [2.24, 2.45) is 17.8 Å². The van der Waals surface area contributed by atoms with Gasteiger partial charge < -0.3 is 4.74 Å². The van der Waals surface area contributed by atoms with Crippen molar-refractivity contribution in [1.29, 1.82) is 0 Å². The Morgan fingerprint density at radius 1 is 0.923 bits per heavy atom. The van der Waals surface area contributed by atoms with Crippen LogP contribution in [0.25, 0.3) is 0 Å². The third kappa shape index (κ3) is 4.10. The summed E-state index contributed by atoms with van der Waals surface area (Å²) in [5, 5.41) is 0. The van der Waals surface area contributed by atoms with Crippen molar-refractivity contribution in [1.82, 2.24) is 0 Å². The van der Waals surface area contributed by atoms with Crippen LogP contribution in [-0.4, -0.2) is 6.61 Å². The Kier molecular flexibility index (Phi) is 6.17. The third-order valence-electron chi connectivity index (χ3n) is 7.31. The Morgan fingerprint density at radius 2 is 1.54 bits per heavy atom. The standard InChI is InChI=1S/C24H35IO/c1-2-3-4-5-6-7-10-26-23-9-8-21(25)14-22(23)24-15-18-11-19(16-24)13-20(12-18)17-24/h8-9,14,18-20H,2-7,10-13,15-17H2,1H3. The zero-order valence-corrected chi connectivity index (χ0v) is 18.6. The lowest BCUT2D eigenvalue weighted by Gasteiger charge is -2.57. The fraction of sp³-hybridized carbons (Fsp3) is 0.750. The molecular weight excluding hydrogens is 431 g/mol. The van der Waals surface area contributed by atoms with E-state index in [0.29, 0.717) is 5.41 Å². The first-order chi connectivity index (χ1) is 12.7. The van der Waals surface area contributed by atoms with Crippen molar-refractivity contribution >= 4 is 22.6 Å². The summed E-state index contributed by atoms with van der Waals surface area (Å²) in [6, 6.07) is 6.97. The van der Waals surface area contributed by atoms with E-state index in [4.69, 9.17) is 4.74 Å². The average Bonchev–Trinajstić information content (AvgIpc) is 2.61. The highest BCUT2D eigenvalue weighted by Crippen LogP contribution is 2.61. The summed E-state index contributed by atoms with van der Waals surface area (Å²) in [6.07, 6.45) is 16.8. The summed E-state index contributed by atoms with van der Waals surface area (Å²) in [5.41, 5.74) is 2.00. The molecule has 1 aromatic rings. The van der Waals surface area contributed by atoms with E-state index in [1.807, 2.05) is 0 Å². The van der Waals surface area contributed by atoms with Crippen molar-refractivity contribution in [3.05, 3.63) is 27.3 Å². The number of benzene rings is 1. The summed E-state index contributed by atoms with van der Waals surface area (Å²) >= 11 is 2.49. The molecule has 2 heteroatoms. The second kappa shape index (κ2) is 8.41. The highest BCUT2D eigenvalue weighted by Gasteiger charge is 2.52. The van der Waals surface area contributed by atoms with E-state index in [0.717, 1.165) is 24.4 Å². The van der Waals surface area contributed by atoms with Gasteiger partial charge in [0.25, 0.3) is 0 Å². The van der Waals surface area contributed by atoms with Gasteiger partial charge in [-0.2, -0.15) is 0 Å². The highest BCUT2D eigenvalue weighted by atomic mass is 127. The van der Waals surface area contributed by atoms with Crippen LogP contribution in [0.1, 0.15) is 89.5 Å². The molecule has 0 spiro atoms. The summed E-state index contributed by atoms with van der Waals surface area (Å²) in [6.45, 7) is 3.18. The maximum atomic E-state index is 6.38. The highest BCUT2D eigenvalue weighted by molar-refractivity contribution is 14.1. The van der Waals surface area contributed by atoms with Crippen molar-refractivity contribution in [2.45, 2.75) is 89.4 Å². The van der Waals surface area contributed by atoms with Crippen LogP contribution in [0.5, 0.6) is 5.75 Å². The van der Waals surface area contributed by atoms with E-state index in [1.54, 1.807) is 5.56 Å². The molecule has 1 nitrogen and oxygen atoms in total. The normalized spacial score (nSPS) is 32.2. The summed E-state index contributed by atoms with van der Waals surface area (Å²) < 4.78 is 7.76. The van der Waals surface area contributed by atoms with Crippen LogP contribution in [0.3, 0.4) is 0 Å². The molecule has 144 valence electrons. The Labute approximate surface area is 173 Å². The van der Waals surface area contributed by atoms with Crippen molar-refractivity contribution in [3.8, 4) is 5.75 Å². The lowest BCUT2D eigenvalue weighted by molar-refractivity contribution is -0.00643. The van der Waals surface area contributed by atoms with Crippen LogP contribution in [-0.2, 0) is 5.41 Å². The molecule has 0 atom stereocenters. The quantitative estimate of drug-likeness (QED) is 0.271. The molecule has 4 aliphatic rings. The predicted molar refractivity (Wildman–Crippen MR) is 118 cm³/mol. The Bertz CT molecular complexity index is 573. The van der Waals surface area contributed by atoms with Gasteiger partial charge in [-0.05, 0) is 109 Å². The molecule has 4 aliphatic carbocycles. The van der Waals surface area contributed by atoms with Gasteiger partial charge in [0, 0.05) is 9.13 Å². The molecule has 4 bridgehead atoms. The average molecular weight is 466 g/mol. The first kappa shape index (κ1) is 19.1. The summed E-state index contributed by atoms with van der Waals surface area (Å²) in [4.78, 5) is 0. The minimum atomic E-state index is 0.437. The molecule has 0 heterocycles. The molecule has 4 fully saturated rings. The number of hydrogen-bond donors (Lipinski definition) is 0. The number of ether oxygens (including phenoxy) is 1. The smallest absolute Gasteiger partial charge is 0.123 e. The Balaban J connectivity index is 1.42. The molecule has 0 unspecified atom stereocenters. The van der Waals surface area contributed by atoms with Crippen LogP contribution in [0.2, 0.25) is 0 Å². The van der Waals surface area contributed by atoms with Crippen molar-refractivity contribution in [3.63, 3.8) is 0 Å².